The smallest absolute Gasteiger partial charge is 0.333 e. The van der Waals surface area contributed by atoms with Crippen molar-refractivity contribution in [2.24, 2.45) is 17.8 Å². The van der Waals surface area contributed by atoms with Crippen LogP contribution < -0.4 is 0 Å². The van der Waals surface area contributed by atoms with Gasteiger partial charge in [-0.1, -0.05) is 58.4 Å². The van der Waals surface area contributed by atoms with E-state index in [0.717, 1.165) is 20.3 Å². The second kappa shape index (κ2) is 14.5. The minimum absolute atomic E-state index is 0.115. The fourth-order valence-electron chi connectivity index (χ4n) is 9.01. The monoisotopic (exact) mass is 818 g/mol. The van der Waals surface area contributed by atoms with Gasteiger partial charge in [-0.05, 0) is 57.7 Å². The lowest BCUT2D eigenvalue weighted by Gasteiger charge is -2.48. The van der Waals surface area contributed by atoms with Gasteiger partial charge in [0.15, 0.2) is 11.6 Å². The number of carbonyl (C=O) groups excluding carboxylic acids is 4. The summed E-state index contributed by atoms with van der Waals surface area (Å²) in [5.41, 5.74) is -6.88. The van der Waals surface area contributed by atoms with E-state index in [1.54, 1.807) is 27.7 Å². The molecule has 0 radical (unpaired) electrons. The Morgan fingerprint density at radius 1 is 0.741 bits per heavy atom. The second-order valence-corrected chi connectivity index (χ2v) is 15.9. The first-order chi connectivity index (χ1) is 27.1. The molecule has 0 heterocycles. The molecule has 2 aliphatic carbocycles. The molecule has 14 nitrogen and oxygen atoms in total. The van der Waals surface area contributed by atoms with Crippen molar-refractivity contribution in [3.05, 3.63) is 81.3 Å². The molecule has 0 aromatic heterocycles. The summed E-state index contributed by atoms with van der Waals surface area (Å²) in [6.45, 7) is 7.55. The van der Waals surface area contributed by atoms with E-state index in [1.807, 2.05) is 0 Å². The molecule has 0 aliphatic heterocycles. The van der Waals surface area contributed by atoms with Crippen molar-refractivity contribution in [2.45, 2.75) is 64.1 Å². The number of ether oxygens (including phenoxy) is 2. The number of hydrogen-bond acceptors (Lipinski definition) is 14. The molecule has 306 valence electrons. The lowest BCUT2D eigenvalue weighted by Crippen LogP contribution is -2.54. The Bertz CT molecular complexity index is 2530. The Morgan fingerprint density at radius 2 is 1.28 bits per heavy atom. The van der Waals surface area contributed by atoms with Gasteiger partial charge in [0, 0.05) is 22.7 Å². The third-order valence-electron chi connectivity index (χ3n) is 12.0. The van der Waals surface area contributed by atoms with E-state index in [2.05, 4.69) is 0 Å². The number of Topliss-reactive ketones (excluding diaryl/α,β-unsaturated/α-hetero) is 2. The van der Waals surface area contributed by atoms with Crippen molar-refractivity contribution in [3.63, 3.8) is 0 Å². The number of halogens is 1. The van der Waals surface area contributed by atoms with Crippen LogP contribution in [0.25, 0.3) is 32.7 Å². The van der Waals surface area contributed by atoms with Crippen LogP contribution in [-0.4, -0.2) is 89.8 Å². The first-order valence-electron chi connectivity index (χ1n) is 18.3. The third-order valence-corrected chi connectivity index (χ3v) is 12.3. The fourth-order valence-corrected chi connectivity index (χ4v) is 9.26. The minimum Gasteiger partial charge on any atom is -0.511 e. The van der Waals surface area contributed by atoms with Gasteiger partial charge in [0.05, 0.1) is 71.3 Å². The lowest BCUT2D eigenvalue weighted by molar-refractivity contribution is -0.136. The quantitative estimate of drug-likeness (QED) is 0.0548. The van der Waals surface area contributed by atoms with Crippen molar-refractivity contribution in [3.8, 4) is 34.1 Å². The Labute approximate surface area is 336 Å². The number of aliphatic hydroxyl groups is 4. The maximum Gasteiger partial charge on any atom is 0.333 e. The number of hydrogen-bond donors (Lipinski definition) is 8. The maximum absolute atomic E-state index is 14.7. The van der Waals surface area contributed by atoms with Crippen LogP contribution in [0.3, 0.4) is 0 Å². The largest absolute Gasteiger partial charge is 0.511 e. The SMILES string of the molecule is COC(=O)/C=C(\O)C1c2c(c(O)c3c(O)ccc(Cl)c3c2-c2c3c(c(O)c4c(O)cccc24)C(=O)C(C)C(O)(C(C)C)C3/C(O)=C/C(=O)OC)C(=O)CC1(O)C(C)C. The molecular formula is C43H43ClO14. The summed E-state index contributed by atoms with van der Waals surface area (Å²) in [5, 5.41) is 94.9. The second-order valence-electron chi connectivity index (χ2n) is 15.5. The van der Waals surface area contributed by atoms with Gasteiger partial charge in [-0.2, -0.15) is 0 Å². The van der Waals surface area contributed by atoms with Crippen LogP contribution in [0.1, 0.15) is 84.7 Å². The van der Waals surface area contributed by atoms with Crippen LogP contribution in [0.5, 0.6) is 23.0 Å². The summed E-state index contributed by atoms with van der Waals surface area (Å²) < 4.78 is 9.58. The molecule has 0 saturated heterocycles. The number of methoxy groups -OCH3 is 2. The van der Waals surface area contributed by atoms with Crippen LogP contribution in [0.4, 0.5) is 0 Å². The molecule has 4 aromatic rings. The predicted octanol–water partition coefficient (Wildman–Crippen LogP) is 6.73. The average molecular weight is 819 g/mol. The summed E-state index contributed by atoms with van der Waals surface area (Å²) in [5.74, 6) is -15.1. The van der Waals surface area contributed by atoms with Gasteiger partial charge in [-0.3, -0.25) is 9.59 Å². The van der Waals surface area contributed by atoms with Crippen molar-refractivity contribution in [1.82, 2.24) is 0 Å². The highest BCUT2D eigenvalue weighted by Crippen LogP contribution is 2.62. The normalized spacial score (nSPS) is 23.7. The number of aromatic hydroxyl groups is 4. The Hall–Kier alpha value is -5.83. The van der Waals surface area contributed by atoms with Crippen molar-refractivity contribution in [1.29, 1.82) is 0 Å². The highest BCUT2D eigenvalue weighted by molar-refractivity contribution is 6.38. The van der Waals surface area contributed by atoms with Gasteiger partial charge in [-0.25, -0.2) is 9.59 Å². The Morgan fingerprint density at radius 3 is 1.83 bits per heavy atom. The van der Waals surface area contributed by atoms with E-state index < -0.39 is 122 Å². The molecule has 6 rings (SSSR count). The highest BCUT2D eigenvalue weighted by atomic mass is 35.5. The van der Waals surface area contributed by atoms with Crippen molar-refractivity contribution in [2.75, 3.05) is 14.2 Å². The first kappa shape index (κ1) is 41.8. The minimum atomic E-state index is -2.27. The zero-order valence-corrected chi connectivity index (χ0v) is 33.3. The predicted molar refractivity (Wildman–Crippen MR) is 212 cm³/mol. The number of esters is 2. The zero-order chi connectivity index (χ0) is 43.1. The van der Waals surface area contributed by atoms with E-state index in [1.165, 1.54) is 31.2 Å². The fraction of sp³-hybridized carbons (Fsp3) is 0.349. The summed E-state index contributed by atoms with van der Waals surface area (Å²) in [4.78, 5) is 54.7. The number of benzene rings is 4. The van der Waals surface area contributed by atoms with Crippen molar-refractivity contribution >= 4 is 56.7 Å². The first-order valence-corrected chi connectivity index (χ1v) is 18.7. The molecule has 15 heteroatoms. The van der Waals surface area contributed by atoms with Crippen LogP contribution in [-0.2, 0) is 19.1 Å². The standard InChI is InChI=1S/C43H43ClO14/c1-16(2)42(55)15-25(49)32-35(37(42)23(47)13-26(50)57-6)33(30-20(44)11-12-22(46)31(30)41(32)54)29-19-9-8-10-21(45)28(19)40(53)36-34(29)38(24(48)14-27(51)58-7)43(56,17(3)4)18(5)39(36)52/h8-14,16-18,37-38,45-48,53-56H,15H2,1-7H3/b23-13-,24-14-. The van der Waals surface area contributed by atoms with Crippen LogP contribution >= 0.6 is 11.6 Å². The van der Waals surface area contributed by atoms with E-state index >= 15 is 0 Å². The number of phenols is 4. The van der Waals surface area contributed by atoms with E-state index in [-0.39, 0.29) is 43.4 Å². The molecule has 0 amide bonds. The van der Waals surface area contributed by atoms with E-state index in [0.29, 0.717) is 12.2 Å². The third kappa shape index (κ3) is 5.84. The molecule has 0 spiro atoms. The van der Waals surface area contributed by atoms with E-state index in [9.17, 15) is 60.0 Å². The number of carbonyl (C=O) groups is 4. The molecule has 5 unspecified atom stereocenters. The molecule has 5 atom stereocenters. The van der Waals surface area contributed by atoms with E-state index in [4.69, 9.17) is 21.1 Å². The summed E-state index contributed by atoms with van der Waals surface area (Å²) >= 11 is 6.99. The number of ketones is 2. The Kier molecular flexibility index (Phi) is 10.5. The number of aliphatic hydroxyl groups excluding tert-OH is 2. The molecule has 58 heavy (non-hydrogen) atoms. The maximum atomic E-state index is 14.7. The van der Waals surface area contributed by atoms with Gasteiger partial charge in [0.25, 0.3) is 0 Å². The van der Waals surface area contributed by atoms with Gasteiger partial charge in [0.2, 0.25) is 0 Å². The zero-order valence-electron chi connectivity index (χ0n) is 32.5. The van der Waals surface area contributed by atoms with Crippen LogP contribution in [0.2, 0.25) is 5.02 Å². The van der Waals surface area contributed by atoms with Crippen LogP contribution in [0.15, 0.2) is 54.0 Å². The number of rotatable bonds is 7. The average Bonchev–Trinajstić information content (AvgIpc) is 3.15. The summed E-state index contributed by atoms with van der Waals surface area (Å²) in [6, 6.07) is 6.34. The summed E-state index contributed by atoms with van der Waals surface area (Å²) in [6.07, 6.45) is 0.611. The van der Waals surface area contributed by atoms with Crippen molar-refractivity contribution < 1.29 is 69.5 Å². The van der Waals surface area contributed by atoms with Gasteiger partial charge < -0.3 is 50.3 Å². The molecule has 4 aromatic carbocycles. The highest BCUT2D eigenvalue weighted by Gasteiger charge is 2.58. The van der Waals surface area contributed by atoms with Crippen LogP contribution in [0, 0.1) is 17.8 Å². The number of phenolic OH excluding ortho intramolecular Hbond substituents is 4. The topological polar surface area (TPSA) is 249 Å². The number of fused-ring (bicyclic) bond motifs is 4. The summed E-state index contributed by atoms with van der Waals surface area (Å²) in [7, 11) is 2.08. The lowest BCUT2D eigenvalue weighted by atomic mass is 9.57. The Balaban J connectivity index is 2.06. The molecule has 0 fully saturated rings. The molecule has 8 N–H and O–H groups in total. The molecular weight excluding hydrogens is 776 g/mol. The van der Waals surface area contributed by atoms with Gasteiger partial charge >= 0.3 is 11.9 Å². The molecule has 0 bridgehead atoms. The molecule has 0 saturated carbocycles. The van der Waals surface area contributed by atoms with Gasteiger partial charge in [-0.15, -0.1) is 0 Å². The molecule has 2 aliphatic rings. The van der Waals surface area contributed by atoms with Gasteiger partial charge in [0.1, 0.15) is 34.5 Å².